The van der Waals surface area contributed by atoms with Gasteiger partial charge in [-0.2, -0.15) is 0 Å². The minimum Gasteiger partial charge on any atom is -0.507 e. The number of hydrogen-bond donors (Lipinski definition) is 5. The van der Waals surface area contributed by atoms with E-state index in [0.717, 1.165) is 19.3 Å². The molecular formula is C44H69N5O10. The zero-order chi connectivity index (χ0) is 42.8. The van der Waals surface area contributed by atoms with Gasteiger partial charge >= 0.3 is 5.97 Å². The molecule has 2 aliphatic rings. The quantitative estimate of drug-likeness (QED) is 0.0200. The second kappa shape index (κ2) is 28.1. The number of nitrogens with zero attached hydrogens (tertiary/aromatic N) is 3. The van der Waals surface area contributed by atoms with Crippen molar-refractivity contribution in [2.45, 2.75) is 173 Å². The lowest BCUT2D eigenvalue weighted by molar-refractivity contribution is -0.167. The third-order valence-electron chi connectivity index (χ3n) is 10.6. The summed E-state index contributed by atoms with van der Waals surface area (Å²) < 4.78 is 11.1. The molecule has 1 saturated heterocycles. The zero-order valence-corrected chi connectivity index (χ0v) is 35.3. The van der Waals surface area contributed by atoms with Crippen LogP contribution in [-0.2, 0) is 33.4 Å². The predicted molar refractivity (Wildman–Crippen MR) is 223 cm³/mol. The predicted octanol–water partition coefficient (Wildman–Crippen LogP) is 6.66. The summed E-state index contributed by atoms with van der Waals surface area (Å²) >= 11 is 0. The summed E-state index contributed by atoms with van der Waals surface area (Å²) in [6.07, 6.45) is 21.5. The molecule has 1 fully saturated rings. The molecule has 0 bridgehead atoms. The summed E-state index contributed by atoms with van der Waals surface area (Å²) in [4.78, 5) is 68.7. The molecule has 3 rings (SSSR count). The van der Waals surface area contributed by atoms with Crippen LogP contribution in [0.1, 0.15) is 154 Å². The van der Waals surface area contributed by atoms with E-state index in [1.165, 1.54) is 89.7 Å². The van der Waals surface area contributed by atoms with Gasteiger partial charge in [-0.15, -0.1) is 0 Å². The van der Waals surface area contributed by atoms with Gasteiger partial charge in [-0.05, 0) is 70.4 Å². The minimum absolute atomic E-state index is 0.00401. The van der Waals surface area contributed by atoms with Crippen LogP contribution in [0.3, 0.4) is 0 Å². The molecule has 0 saturated carbocycles. The first kappa shape index (κ1) is 48.9. The van der Waals surface area contributed by atoms with Gasteiger partial charge in [0.15, 0.2) is 6.04 Å². The Balaban J connectivity index is 1.43. The third kappa shape index (κ3) is 19.0. The largest absolute Gasteiger partial charge is 0.507 e. The number of phenols is 1. The third-order valence-corrected chi connectivity index (χ3v) is 10.6. The van der Waals surface area contributed by atoms with Crippen LogP contribution < -0.4 is 10.6 Å². The van der Waals surface area contributed by atoms with Crippen LogP contribution in [0.2, 0.25) is 0 Å². The average Bonchev–Trinajstić information content (AvgIpc) is 3.65. The van der Waals surface area contributed by atoms with Crippen molar-refractivity contribution in [1.29, 1.82) is 0 Å². The Morgan fingerprint density at radius 3 is 2.31 bits per heavy atom. The second-order valence-electron chi connectivity index (χ2n) is 15.8. The molecule has 4 amide bonds. The SMILES string of the molecule is CCCCCCCCCCCCCCC/C=C\C(=O)N(O)CCCC[C@H](NC(=O)[C@@H]1COC(c2ccccc2O)=N1)C(=O)O[C@@H](C)CC(=O)N[C@H]1CCCCN(O)C1=O. The van der Waals surface area contributed by atoms with E-state index in [-0.39, 0.29) is 44.2 Å². The molecule has 15 nitrogen and oxygen atoms in total. The maximum Gasteiger partial charge on any atom is 0.328 e. The normalized spacial score (nSPS) is 17.8. The van der Waals surface area contributed by atoms with Gasteiger partial charge in [0.25, 0.3) is 11.8 Å². The maximum atomic E-state index is 13.4. The van der Waals surface area contributed by atoms with Crippen LogP contribution in [0.15, 0.2) is 41.4 Å². The van der Waals surface area contributed by atoms with E-state index in [1.807, 2.05) is 0 Å². The summed E-state index contributed by atoms with van der Waals surface area (Å²) in [5.74, 6) is -3.07. The lowest BCUT2D eigenvalue weighted by Gasteiger charge is -2.23. The summed E-state index contributed by atoms with van der Waals surface area (Å²) in [6.45, 7) is 3.83. The van der Waals surface area contributed by atoms with Gasteiger partial charge < -0.3 is 25.2 Å². The number of phenolic OH excluding ortho intramolecular Hbond substituents is 1. The number of para-hydroxylation sites is 1. The standard InChI is InChI=1S/C44H69N5O10/c1-3-4-5-6-7-8-9-10-11-12-13-14-15-16-17-28-40(52)48(56)29-22-21-26-36(46-41(53)37-32-58-42(47-37)34-24-18-19-27-38(34)50)44(55)59-33(2)31-39(51)45-35-25-20-23-30-49(57)43(35)54/h17-19,24,27-28,33,35-37,50,56-57H,3-16,20-23,25-26,29-32H2,1-2H3,(H,45,51)(H,46,53)/b28-17-/t33-,35-,36-,37-/m0/s1. The van der Waals surface area contributed by atoms with Crippen molar-refractivity contribution >= 4 is 35.5 Å². The van der Waals surface area contributed by atoms with Gasteiger partial charge in [-0.25, -0.2) is 19.9 Å². The van der Waals surface area contributed by atoms with Crippen LogP contribution in [0.4, 0.5) is 0 Å². The molecule has 2 heterocycles. The van der Waals surface area contributed by atoms with Crippen molar-refractivity contribution in [3.05, 3.63) is 42.0 Å². The van der Waals surface area contributed by atoms with Crippen molar-refractivity contribution in [3.63, 3.8) is 0 Å². The monoisotopic (exact) mass is 828 g/mol. The Kier molecular flexibility index (Phi) is 23.2. The molecule has 15 heteroatoms. The number of ether oxygens (including phenoxy) is 2. The van der Waals surface area contributed by atoms with Crippen molar-refractivity contribution in [2.75, 3.05) is 19.7 Å². The molecule has 4 atom stereocenters. The number of carbonyl (C=O) groups is 5. The molecule has 0 radical (unpaired) electrons. The van der Waals surface area contributed by atoms with Gasteiger partial charge in [0.1, 0.15) is 30.5 Å². The molecule has 1 aromatic rings. The van der Waals surface area contributed by atoms with Crippen molar-refractivity contribution in [1.82, 2.24) is 20.8 Å². The van der Waals surface area contributed by atoms with E-state index >= 15 is 0 Å². The first-order chi connectivity index (χ1) is 28.5. The molecule has 0 aliphatic carbocycles. The van der Waals surface area contributed by atoms with Gasteiger partial charge in [0.05, 0.1) is 12.0 Å². The van der Waals surface area contributed by atoms with Gasteiger partial charge in [0, 0.05) is 19.2 Å². The Morgan fingerprint density at radius 1 is 0.966 bits per heavy atom. The number of allylic oxidation sites excluding steroid dienone is 1. The molecule has 1 aromatic carbocycles. The number of aromatic hydroxyl groups is 1. The van der Waals surface area contributed by atoms with E-state index in [9.17, 15) is 39.5 Å². The van der Waals surface area contributed by atoms with Gasteiger partial charge in [0.2, 0.25) is 17.7 Å². The lowest BCUT2D eigenvalue weighted by Crippen LogP contribution is -2.48. The number of carbonyl (C=O) groups excluding carboxylic acids is 5. The van der Waals surface area contributed by atoms with Gasteiger partial charge in [-0.1, -0.05) is 102 Å². The van der Waals surface area contributed by atoms with Crippen LogP contribution >= 0.6 is 0 Å². The van der Waals surface area contributed by atoms with E-state index in [2.05, 4.69) is 22.5 Å². The van der Waals surface area contributed by atoms with E-state index in [0.29, 0.717) is 47.8 Å². The number of rotatable bonds is 28. The number of hydroxylamine groups is 4. The van der Waals surface area contributed by atoms with E-state index in [1.54, 1.807) is 24.3 Å². The Labute approximate surface area is 349 Å². The van der Waals surface area contributed by atoms with Crippen molar-refractivity contribution in [2.24, 2.45) is 4.99 Å². The van der Waals surface area contributed by atoms with Crippen molar-refractivity contribution < 1.29 is 49.0 Å². The number of aliphatic imine (C=N–C) groups is 1. The molecular weight excluding hydrogens is 759 g/mol. The minimum atomic E-state index is -1.16. The average molecular weight is 828 g/mol. The smallest absolute Gasteiger partial charge is 0.328 e. The number of unbranched alkanes of at least 4 members (excludes halogenated alkanes) is 14. The summed E-state index contributed by atoms with van der Waals surface area (Å²) in [7, 11) is 0. The highest BCUT2D eigenvalue weighted by Gasteiger charge is 2.33. The number of hydrogen-bond acceptors (Lipinski definition) is 11. The highest BCUT2D eigenvalue weighted by molar-refractivity contribution is 6.00. The number of benzene rings is 1. The van der Waals surface area contributed by atoms with E-state index in [4.69, 9.17) is 9.47 Å². The van der Waals surface area contributed by atoms with Crippen LogP contribution in [0.5, 0.6) is 5.75 Å². The Bertz CT molecular complexity index is 1520. The molecule has 330 valence electrons. The van der Waals surface area contributed by atoms with Gasteiger partial charge in [-0.3, -0.25) is 29.6 Å². The first-order valence-corrected chi connectivity index (χ1v) is 22.0. The topological polar surface area (TPSA) is 207 Å². The van der Waals surface area contributed by atoms with Crippen LogP contribution in [-0.4, -0.2) is 105 Å². The number of amides is 4. The van der Waals surface area contributed by atoms with Crippen molar-refractivity contribution in [3.8, 4) is 5.75 Å². The van der Waals surface area contributed by atoms with E-state index < -0.39 is 53.8 Å². The second-order valence-corrected chi connectivity index (χ2v) is 15.8. The fraction of sp³-hybridized carbons (Fsp3) is 0.682. The van der Waals surface area contributed by atoms with Crippen LogP contribution in [0, 0.1) is 0 Å². The molecule has 0 spiro atoms. The Morgan fingerprint density at radius 2 is 1.63 bits per heavy atom. The maximum absolute atomic E-state index is 13.4. The Hall–Kier alpha value is -4.50. The summed E-state index contributed by atoms with van der Waals surface area (Å²) in [5.41, 5.74) is 0.320. The first-order valence-electron chi connectivity index (χ1n) is 22.0. The number of nitrogens with one attached hydrogen (secondary N) is 2. The summed E-state index contributed by atoms with van der Waals surface area (Å²) in [6, 6.07) is 3.34. The molecule has 2 aliphatic heterocycles. The van der Waals surface area contributed by atoms with Crippen LogP contribution in [0.25, 0.3) is 0 Å². The fourth-order valence-corrected chi connectivity index (χ4v) is 7.09. The highest BCUT2D eigenvalue weighted by Crippen LogP contribution is 2.21. The number of esters is 1. The lowest BCUT2D eigenvalue weighted by atomic mass is 10.0. The molecule has 0 unspecified atom stereocenters. The molecule has 59 heavy (non-hydrogen) atoms. The molecule has 5 N–H and O–H groups in total. The summed E-state index contributed by atoms with van der Waals surface area (Å²) in [5, 5.41) is 36.9. The zero-order valence-electron chi connectivity index (χ0n) is 35.3. The fourth-order valence-electron chi connectivity index (χ4n) is 7.09. The highest BCUT2D eigenvalue weighted by atomic mass is 16.5. The molecule has 0 aromatic heterocycles.